The number of pyridine rings is 1. The summed E-state index contributed by atoms with van der Waals surface area (Å²) in [5.74, 6) is 3.72. The largest absolute Gasteiger partial charge is 0.378 e. The van der Waals surface area contributed by atoms with E-state index >= 15 is 0 Å². The molecule has 2 amide bonds. The van der Waals surface area contributed by atoms with Crippen molar-refractivity contribution in [2.75, 3.05) is 37.7 Å². The van der Waals surface area contributed by atoms with Crippen molar-refractivity contribution in [3.05, 3.63) is 23.9 Å². The van der Waals surface area contributed by atoms with E-state index in [-0.39, 0.29) is 6.03 Å². The number of ether oxygens (including phenoxy) is 1. The molecule has 156 valence electrons. The van der Waals surface area contributed by atoms with Crippen LogP contribution in [0.15, 0.2) is 18.3 Å². The second-order valence-electron chi connectivity index (χ2n) is 8.77. The monoisotopic (exact) mass is 388 g/mol. The third-order valence-electron chi connectivity index (χ3n) is 6.28. The molecule has 3 unspecified atom stereocenters. The maximum absolute atomic E-state index is 12.3. The Labute approximate surface area is 169 Å². The zero-order valence-corrected chi connectivity index (χ0v) is 17.6. The standard InChI is InChI=1S/C22H36N4O2/c1-16(2)20-6-4-17(3)12-19(20)15-25-22(27)24-14-18-5-7-21(23-13-18)26-8-10-28-11-9-26/h5,7,13,16-17,19-20H,4,6,8-12,14-15H2,1-3H3,(H2,24,25,27). The number of nitrogens with one attached hydrogen (secondary N) is 2. The van der Waals surface area contributed by atoms with Crippen LogP contribution in [0.4, 0.5) is 10.6 Å². The van der Waals surface area contributed by atoms with Crippen molar-refractivity contribution in [1.29, 1.82) is 0 Å². The second kappa shape index (κ2) is 10.1. The maximum atomic E-state index is 12.3. The quantitative estimate of drug-likeness (QED) is 0.784. The minimum Gasteiger partial charge on any atom is -0.378 e. The molecule has 0 radical (unpaired) electrons. The summed E-state index contributed by atoms with van der Waals surface area (Å²) >= 11 is 0. The molecule has 1 aromatic rings. The van der Waals surface area contributed by atoms with Crippen LogP contribution < -0.4 is 15.5 Å². The molecule has 3 rings (SSSR count). The molecule has 0 spiro atoms. The summed E-state index contributed by atoms with van der Waals surface area (Å²) in [6.07, 6.45) is 5.67. The first-order valence-corrected chi connectivity index (χ1v) is 10.8. The van der Waals surface area contributed by atoms with Gasteiger partial charge in [0.05, 0.1) is 13.2 Å². The predicted octanol–water partition coefficient (Wildman–Crippen LogP) is 3.43. The number of aromatic nitrogens is 1. The topological polar surface area (TPSA) is 66.5 Å². The van der Waals surface area contributed by atoms with Gasteiger partial charge in [-0.05, 0) is 48.1 Å². The number of carbonyl (C=O) groups excluding carboxylic acids is 1. The maximum Gasteiger partial charge on any atom is 0.315 e. The number of anilines is 1. The Balaban J connectivity index is 1.42. The van der Waals surface area contributed by atoms with Crippen molar-refractivity contribution in [3.63, 3.8) is 0 Å². The highest BCUT2D eigenvalue weighted by Gasteiger charge is 2.30. The van der Waals surface area contributed by atoms with Gasteiger partial charge in [-0.25, -0.2) is 9.78 Å². The molecule has 6 heteroatoms. The minimum atomic E-state index is -0.0852. The van der Waals surface area contributed by atoms with Crippen molar-refractivity contribution in [3.8, 4) is 0 Å². The van der Waals surface area contributed by atoms with Crippen LogP contribution in [0, 0.1) is 23.7 Å². The molecule has 0 bridgehead atoms. The van der Waals surface area contributed by atoms with E-state index in [9.17, 15) is 4.79 Å². The van der Waals surface area contributed by atoms with Crippen LogP contribution in [-0.2, 0) is 11.3 Å². The van der Waals surface area contributed by atoms with Gasteiger partial charge in [0.1, 0.15) is 5.82 Å². The fourth-order valence-electron chi connectivity index (χ4n) is 4.60. The van der Waals surface area contributed by atoms with E-state index in [4.69, 9.17) is 4.74 Å². The molecule has 1 saturated carbocycles. The Bertz CT molecular complexity index is 613. The van der Waals surface area contributed by atoms with Gasteiger partial charge in [-0.2, -0.15) is 0 Å². The van der Waals surface area contributed by atoms with Gasteiger partial charge < -0.3 is 20.3 Å². The molecule has 2 aliphatic rings. The summed E-state index contributed by atoms with van der Waals surface area (Å²) in [5, 5.41) is 6.07. The minimum absolute atomic E-state index is 0.0852. The molecule has 3 atom stereocenters. The third-order valence-corrected chi connectivity index (χ3v) is 6.28. The average molecular weight is 389 g/mol. The Morgan fingerprint density at radius 1 is 1.25 bits per heavy atom. The lowest BCUT2D eigenvalue weighted by Gasteiger charge is -2.37. The van der Waals surface area contributed by atoms with Gasteiger partial charge in [0.25, 0.3) is 0 Å². The molecule has 6 nitrogen and oxygen atoms in total. The summed E-state index contributed by atoms with van der Waals surface area (Å²) in [5.41, 5.74) is 1.01. The smallest absolute Gasteiger partial charge is 0.315 e. The summed E-state index contributed by atoms with van der Waals surface area (Å²) in [7, 11) is 0. The summed E-state index contributed by atoms with van der Waals surface area (Å²) in [6.45, 7) is 11.5. The highest BCUT2D eigenvalue weighted by atomic mass is 16.5. The molecule has 2 N–H and O–H groups in total. The lowest BCUT2D eigenvalue weighted by molar-refractivity contribution is 0.122. The van der Waals surface area contributed by atoms with Gasteiger partial charge in [-0.15, -0.1) is 0 Å². The fraction of sp³-hybridized carbons (Fsp3) is 0.727. The second-order valence-corrected chi connectivity index (χ2v) is 8.77. The Morgan fingerprint density at radius 2 is 2.04 bits per heavy atom. The van der Waals surface area contributed by atoms with E-state index in [1.807, 2.05) is 18.3 Å². The van der Waals surface area contributed by atoms with E-state index in [2.05, 4.69) is 41.3 Å². The van der Waals surface area contributed by atoms with Gasteiger partial charge in [0, 0.05) is 32.4 Å². The number of amides is 2. The van der Waals surface area contributed by atoms with E-state index in [0.29, 0.717) is 24.3 Å². The first-order chi connectivity index (χ1) is 13.5. The molecular formula is C22H36N4O2. The van der Waals surface area contributed by atoms with Crippen molar-refractivity contribution in [2.45, 2.75) is 46.6 Å². The molecular weight excluding hydrogens is 352 g/mol. The number of urea groups is 1. The molecule has 2 fully saturated rings. The Kier molecular flexibility index (Phi) is 7.54. The molecule has 1 aromatic heterocycles. The van der Waals surface area contributed by atoms with E-state index in [1.165, 1.54) is 19.3 Å². The number of rotatable bonds is 6. The van der Waals surface area contributed by atoms with Crippen LogP contribution in [0.5, 0.6) is 0 Å². The number of carbonyl (C=O) groups is 1. The zero-order valence-electron chi connectivity index (χ0n) is 17.6. The molecule has 1 aliphatic carbocycles. The van der Waals surface area contributed by atoms with Crippen LogP contribution in [0.3, 0.4) is 0 Å². The van der Waals surface area contributed by atoms with E-state index < -0.39 is 0 Å². The Hall–Kier alpha value is -1.82. The summed E-state index contributed by atoms with van der Waals surface area (Å²) in [4.78, 5) is 19.0. The first-order valence-electron chi connectivity index (χ1n) is 10.8. The van der Waals surface area contributed by atoms with Crippen molar-refractivity contribution < 1.29 is 9.53 Å². The zero-order chi connectivity index (χ0) is 19.9. The van der Waals surface area contributed by atoms with E-state index in [0.717, 1.165) is 50.1 Å². The molecule has 1 saturated heterocycles. The van der Waals surface area contributed by atoms with Gasteiger partial charge in [0.15, 0.2) is 0 Å². The normalized spacial score (nSPS) is 25.6. The number of nitrogens with zero attached hydrogens (tertiary/aromatic N) is 2. The van der Waals surface area contributed by atoms with Crippen LogP contribution in [0.25, 0.3) is 0 Å². The predicted molar refractivity (Wildman–Crippen MR) is 112 cm³/mol. The Morgan fingerprint density at radius 3 is 2.71 bits per heavy atom. The van der Waals surface area contributed by atoms with Crippen molar-refractivity contribution >= 4 is 11.8 Å². The van der Waals surface area contributed by atoms with Crippen molar-refractivity contribution in [1.82, 2.24) is 15.6 Å². The molecule has 0 aromatic carbocycles. The SMILES string of the molecule is CC1CCC(C(C)C)C(CNC(=O)NCc2ccc(N3CCOCC3)nc2)C1. The van der Waals surface area contributed by atoms with Gasteiger partial charge >= 0.3 is 6.03 Å². The van der Waals surface area contributed by atoms with Crippen LogP contribution in [-0.4, -0.2) is 43.9 Å². The van der Waals surface area contributed by atoms with Gasteiger partial charge in [0.2, 0.25) is 0 Å². The highest BCUT2D eigenvalue weighted by molar-refractivity contribution is 5.73. The van der Waals surface area contributed by atoms with E-state index in [1.54, 1.807) is 0 Å². The lowest BCUT2D eigenvalue weighted by atomic mass is 9.70. The van der Waals surface area contributed by atoms with Gasteiger partial charge in [-0.1, -0.05) is 33.3 Å². The van der Waals surface area contributed by atoms with Crippen molar-refractivity contribution in [2.24, 2.45) is 23.7 Å². The first kappa shape index (κ1) is 20.9. The van der Waals surface area contributed by atoms with Gasteiger partial charge in [-0.3, -0.25) is 0 Å². The molecule has 28 heavy (non-hydrogen) atoms. The lowest BCUT2D eigenvalue weighted by Crippen LogP contribution is -2.41. The summed E-state index contributed by atoms with van der Waals surface area (Å²) < 4.78 is 5.38. The molecule has 1 aliphatic heterocycles. The summed E-state index contributed by atoms with van der Waals surface area (Å²) in [6, 6.07) is 3.98. The third kappa shape index (κ3) is 5.84. The number of morpholine rings is 1. The number of hydrogen-bond donors (Lipinski definition) is 2. The number of hydrogen-bond acceptors (Lipinski definition) is 4. The average Bonchev–Trinajstić information content (AvgIpc) is 2.71. The van der Waals surface area contributed by atoms with Crippen LogP contribution in [0.2, 0.25) is 0 Å². The highest BCUT2D eigenvalue weighted by Crippen LogP contribution is 2.37. The van der Waals surface area contributed by atoms with Crippen LogP contribution in [0.1, 0.15) is 45.6 Å². The molecule has 2 heterocycles. The van der Waals surface area contributed by atoms with Crippen LogP contribution >= 0.6 is 0 Å². The fourth-order valence-corrected chi connectivity index (χ4v) is 4.60.